The second-order valence-electron chi connectivity index (χ2n) is 7.00. The van der Waals surface area contributed by atoms with E-state index in [2.05, 4.69) is 10.2 Å². The summed E-state index contributed by atoms with van der Waals surface area (Å²) in [5, 5.41) is 3.03. The van der Waals surface area contributed by atoms with Crippen LogP contribution in [0.2, 0.25) is 0 Å². The van der Waals surface area contributed by atoms with Crippen LogP contribution in [0.1, 0.15) is 26.5 Å². The first-order chi connectivity index (χ1) is 12.0. The summed E-state index contributed by atoms with van der Waals surface area (Å²) in [7, 11) is 3.99. The fraction of sp³-hybridized carbons (Fsp3) is 0.667. The van der Waals surface area contributed by atoms with Gasteiger partial charge in [-0.1, -0.05) is 0 Å². The summed E-state index contributed by atoms with van der Waals surface area (Å²) >= 11 is 1.60. The van der Waals surface area contributed by atoms with E-state index >= 15 is 0 Å². The van der Waals surface area contributed by atoms with Gasteiger partial charge < -0.3 is 19.9 Å². The molecule has 0 radical (unpaired) electrons. The van der Waals surface area contributed by atoms with Gasteiger partial charge in [-0.15, -0.1) is 11.3 Å². The van der Waals surface area contributed by atoms with Crippen LogP contribution >= 0.6 is 11.3 Å². The van der Waals surface area contributed by atoms with Gasteiger partial charge in [-0.25, -0.2) is 0 Å². The molecule has 0 spiro atoms. The molecule has 6 nitrogen and oxygen atoms in total. The SMILES string of the molecule is CN(C)CCNC(=O)C1CCc2sc(C(=O)N3CCOCC3)cc2C1. The summed E-state index contributed by atoms with van der Waals surface area (Å²) in [6.45, 7) is 4.09. The number of hydrogen-bond donors (Lipinski definition) is 1. The van der Waals surface area contributed by atoms with Crippen LogP contribution in [0, 0.1) is 5.92 Å². The van der Waals surface area contributed by atoms with Crippen LogP contribution in [-0.2, 0) is 22.4 Å². The van der Waals surface area contributed by atoms with E-state index in [1.54, 1.807) is 11.3 Å². The summed E-state index contributed by atoms with van der Waals surface area (Å²) in [4.78, 5) is 31.0. The molecule has 1 saturated heterocycles. The monoisotopic (exact) mass is 365 g/mol. The number of rotatable bonds is 5. The predicted molar refractivity (Wildman–Crippen MR) is 98.1 cm³/mol. The zero-order valence-electron chi connectivity index (χ0n) is 15.0. The van der Waals surface area contributed by atoms with Crippen LogP contribution in [-0.4, -0.2) is 75.1 Å². The molecule has 1 atom stereocenters. The lowest BCUT2D eigenvalue weighted by atomic mass is 9.88. The van der Waals surface area contributed by atoms with Crippen molar-refractivity contribution in [3.63, 3.8) is 0 Å². The molecule has 1 aromatic rings. The van der Waals surface area contributed by atoms with E-state index < -0.39 is 0 Å². The molecular weight excluding hydrogens is 338 g/mol. The highest BCUT2D eigenvalue weighted by atomic mass is 32.1. The Hall–Kier alpha value is -1.44. The molecule has 1 N–H and O–H groups in total. The van der Waals surface area contributed by atoms with Gasteiger partial charge in [0, 0.05) is 37.0 Å². The van der Waals surface area contributed by atoms with Gasteiger partial charge in [0.05, 0.1) is 18.1 Å². The Bertz CT molecular complexity index is 623. The molecule has 2 aliphatic rings. The molecule has 25 heavy (non-hydrogen) atoms. The third-order valence-corrected chi connectivity index (χ3v) is 6.05. The number of hydrogen-bond acceptors (Lipinski definition) is 5. The van der Waals surface area contributed by atoms with Gasteiger partial charge in [0.25, 0.3) is 5.91 Å². The molecule has 7 heteroatoms. The molecule has 0 bridgehead atoms. The summed E-state index contributed by atoms with van der Waals surface area (Å²) in [5.41, 5.74) is 1.18. The Labute approximate surface area is 153 Å². The van der Waals surface area contributed by atoms with E-state index in [1.165, 1.54) is 10.4 Å². The fourth-order valence-electron chi connectivity index (χ4n) is 3.32. The molecule has 1 aliphatic carbocycles. The fourth-order valence-corrected chi connectivity index (χ4v) is 4.50. The van der Waals surface area contributed by atoms with Crippen molar-refractivity contribution in [3.05, 3.63) is 21.4 Å². The van der Waals surface area contributed by atoms with Crippen molar-refractivity contribution in [3.8, 4) is 0 Å². The zero-order valence-corrected chi connectivity index (χ0v) is 15.9. The number of amides is 2. The second-order valence-corrected chi connectivity index (χ2v) is 8.13. The van der Waals surface area contributed by atoms with Crippen molar-refractivity contribution in [1.29, 1.82) is 0 Å². The number of morpholine rings is 1. The zero-order chi connectivity index (χ0) is 17.8. The minimum absolute atomic E-state index is 0.0237. The van der Waals surface area contributed by atoms with Crippen molar-refractivity contribution in [2.24, 2.45) is 5.92 Å². The summed E-state index contributed by atoms with van der Waals surface area (Å²) in [5.74, 6) is 0.269. The molecule has 1 fully saturated rings. The minimum Gasteiger partial charge on any atom is -0.378 e. The number of thiophene rings is 1. The van der Waals surface area contributed by atoms with E-state index in [4.69, 9.17) is 4.74 Å². The van der Waals surface area contributed by atoms with Crippen LogP contribution in [0.5, 0.6) is 0 Å². The van der Waals surface area contributed by atoms with E-state index in [1.807, 2.05) is 25.1 Å². The Morgan fingerprint density at radius 1 is 1.36 bits per heavy atom. The van der Waals surface area contributed by atoms with Crippen LogP contribution in [0.15, 0.2) is 6.07 Å². The van der Waals surface area contributed by atoms with E-state index in [9.17, 15) is 9.59 Å². The highest BCUT2D eigenvalue weighted by Crippen LogP contribution is 2.33. The summed E-state index contributed by atoms with van der Waals surface area (Å²) in [6, 6.07) is 2.01. The average molecular weight is 365 g/mol. The topological polar surface area (TPSA) is 61.9 Å². The molecule has 1 unspecified atom stereocenters. The first kappa shape index (κ1) is 18.4. The first-order valence-electron chi connectivity index (χ1n) is 8.95. The van der Waals surface area contributed by atoms with Crippen molar-refractivity contribution < 1.29 is 14.3 Å². The first-order valence-corrected chi connectivity index (χ1v) is 9.77. The van der Waals surface area contributed by atoms with Gasteiger partial charge in [0.2, 0.25) is 5.91 Å². The standard InChI is InChI=1S/C18H27N3O3S/c1-20(2)6-5-19-17(22)13-3-4-15-14(11-13)12-16(25-15)18(23)21-7-9-24-10-8-21/h12-13H,3-11H2,1-2H3,(H,19,22). The maximum Gasteiger partial charge on any atom is 0.264 e. The Morgan fingerprint density at radius 3 is 2.84 bits per heavy atom. The smallest absolute Gasteiger partial charge is 0.264 e. The van der Waals surface area contributed by atoms with Crippen LogP contribution < -0.4 is 5.32 Å². The Morgan fingerprint density at radius 2 is 2.12 bits per heavy atom. The molecule has 0 aromatic carbocycles. The number of aryl methyl sites for hydroxylation is 1. The molecule has 2 heterocycles. The second kappa shape index (κ2) is 8.29. The number of ether oxygens (including phenoxy) is 1. The molecule has 0 saturated carbocycles. The van der Waals surface area contributed by atoms with Crippen molar-refractivity contribution in [2.45, 2.75) is 19.3 Å². The van der Waals surface area contributed by atoms with Gasteiger partial charge in [0.1, 0.15) is 0 Å². The Balaban J connectivity index is 1.59. The largest absolute Gasteiger partial charge is 0.378 e. The van der Waals surface area contributed by atoms with E-state index in [-0.39, 0.29) is 17.7 Å². The average Bonchev–Trinajstić information content (AvgIpc) is 3.04. The lowest BCUT2D eigenvalue weighted by molar-refractivity contribution is -0.125. The molecule has 1 aromatic heterocycles. The third-order valence-electron chi connectivity index (χ3n) is 4.82. The quantitative estimate of drug-likeness (QED) is 0.846. The normalized spacial score (nSPS) is 20.4. The van der Waals surface area contributed by atoms with E-state index in [0.717, 1.165) is 30.7 Å². The summed E-state index contributed by atoms with van der Waals surface area (Å²) in [6.07, 6.45) is 2.50. The van der Waals surface area contributed by atoms with E-state index in [0.29, 0.717) is 32.8 Å². The number of nitrogens with one attached hydrogen (secondary N) is 1. The predicted octanol–water partition coefficient (Wildman–Crippen LogP) is 1.00. The highest BCUT2D eigenvalue weighted by Gasteiger charge is 2.28. The molecule has 3 rings (SSSR count). The van der Waals surface area contributed by atoms with Gasteiger partial charge in [0.15, 0.2) is 0 Å². The number of carbonyl (C=O) groups excluding carboxylic acids is 2. The third kappa shape index (κ3) is 4.59. The molecular formula is C18H27N3O3S. The lowest BCUT2D eigenvalue weighted by Gasteiger charge is -2.26. The van der Waals surface area contributed by atoms with Crippen LogP contribution in [0.3, 0.4) is 0 Å². The number of likely N-dealkylation sites (N-methyl/N-ethyl adjacent to an activating group) is 1. The van der Waals surface area contributed by atoms with Gasteiger partial charge in [-0.3, -0.25) is 9.59 Å². The van der Waals surface area contributed by atoms with Crippen LogP contribution in [0.25, 0.3) is 0 Å². The Kier molecular flexibility index (Phi) is 6.09. The number of carbonyl (C=O) groups is 2. The van der Waals surface area contributed by atoms with Gasteiger partial charge in [-0.2, -0.15) is 0 Å². The molecule has 1 aliphatic heterocycles. The van der Waals surface area contributed by atoms with Crippen molar-refractivity contribution in [1.82, 2.24) is 15.1 Å². The van der Waals surface area contributed by atoms with Crippen molar-refractivity contribution in [2.75, 3.05) is 53.5 Å². The highest BCUT2D eigenvalue weighted by molar-refractivity contribution is 7.14. The lowest BCUT2D eigenvalue weighted by Crippen LogP contribution is -2.40. The van der Waals surface area contributed by atoms with Crippen molar-refractivity contribution >= 4 is 23.2 Å². The maximum absolute atomic E-state index is 12.6. The minimum atomic E-state index is 0.0237. The summed E-state index contributed by atoms with van der Waals surface area (Å²) < 4.78 is 5.32. The number of fused-ring (bicyclic) bond motifs is 1. The molecule has 2 amide bonds. The molecule has 138 valence electrons. The van der Waals surface area contributed by atoms with Gasteiger partial charge >= 0.3 is 0 Å². The number of nitrogens with zero attached hydrogens (tertiary/aromatic N) is 2. The maximum atomic E-state index is 12.6. The van der Waals surface area contributed by atoms with Gasteiger partial charge in [-0.05, 0) is 45.0 Å². The van der Waals surface area contributed by atoms with Crippen LogP contribution in [0.4, 0.5) is 0 Å².